The number of carbonyl (C=O) groups is 1. The van der Waals surface area contributed by atoms with E-state index in [1.54, 1.807) is 36.4 Å². The van der Waals surface area contributed by atoms with Crippen molar-refractivity contribution in [1.82, 2.24) is 9.55 Å². The summed E-state index contributed by atoms with van der Waals surface area (Å²) in [4.78, 5) is 16.3. The maximum Gasteiger partial charge on any atom is 0.321 e. The molecule has 6 heteroatoms. The Morgan fingerprint density at radius 2 is 1.79 bits per heavy atom. The Morgan fingerprint density at radius 1 is 1.08 bits per heavy atom. The maximum absolute atomic E-state index is 13.3. The van der Waals surface area contributed by atoms with Gasteiger partial charge in [-0.25, -0.2) is 4.98 Å². The Labute approximate surface area is 142 Å². The molecule has 3 rings (SSSR count). The van der Waals surface area contributed by atoms with E-state index in [0.717, 1.165) is 4.57 Å². The van der Waals surface area contributed by atoms with Crippen LogP contribution in [0.3, 0.4) is 0 Å². The fourth-order valence-electron chi connectivity index (χ4n) is 2.48. The second-order valence-corrected chi connectivity index (χ2v) is 6.33. The molecular formula is C18H16F2N2OS. The van der Waals surface area contributed by atoms with Crippen LogP contribution < -0.4 is 0 Å². The summed E-state index contributed by atoms with van der Waals surface area (Å²) in [5, 5.41) is 0.290. The van der Waals surface area contributed by atoms with Gasteiger partial charge < -0.3 is 0 Å². The zero-order chi connectivity index (χ0) is 16.9. The second kappa shape index (κ2) is 7.57. The molecule has 0 spiro atoms. The van der Waals surface area contributed by atoms with Crippen molar-refractivity contribution in [3.8, 4) is 0 Å². The molecule has 0 N–H and O–H groups in total. The zero-order valence-electron chi connectivity index (χ0n) is 12.9. The highest BCUT2D eigenvalue weighted by molar-refractivity contribution is 7.99. The number of aromatic nitrogens is 2. The lowest BCUT2D eigenvalue weighted by Gasteiger charge is -2.07. The molecule has 0 saturated carbocycles. The molecule has 1 aromatic heterocycles. The summed E-state index contributed by atoms with van der Waals surface area (Å²) in [6.45, 7) is -2.63. The van der Waals surface area contributed by atoms with Crippen LogP contribution in [0.4, 0.5) is 8.78 Å². The van der Waals surface area contributed by atoms with Crippen molar-refractivity contribution in [2.24, 2.45) is 0 Å². The molecular weight excluding hydrogens is 330 g/mol. The SMILES string of the molecule is O=C(CCCSc1nc2ccccc2n1C(F)F)c1ccccc1. The molecule has 1 heterocycles. The van der Waals surface area contributed by atoms with E-state index in [0.29, 0.717) is 40.3 Å². The van der Waals surface area contributed by atoms with E-state index in [1.165, 1.54) is 11.8 Å². The summed E-state index contributed by atoms with van der Waals surface area (Å²) >= 11 is 1.26. The predicted molar refractivity (Wildman–Crippen MR) is 91.7 cm³/mol. The average Bonchev–Trinajstić information content (AvgIpc) is 2.97. The summed E-state index contributed by atoms with van der Waals surface area (Å²) in [5.74, 6) is 0.632. The van der Waals surface area contributed by atoms with Gasteiger partial charge in [0.2, 0.25) is 0 Å². The van der Waals surface area contributed by atoms with Gasteiger partial charge in [-0.15, -0.1) is 0 Å². The number of imidazole rings is 1. The third-order valence-corrected chi connectivity index (χ3v) is 4.67. The quantitative estimate of drug-likeness (QED) is 0.336. The first-order valence-corrected chi connectivity index (χ1v) is 8.61. The van der Waals surface area contributed by atoms with Gasteiger partial charge in [-0.05, 0) is 18.6 Å². The molecule has 0 aliphatic rings. The van der Waals surface area contributed by atoms with Gasteiger partial charge in [0.25, 0.3) is 0 Å². The van der Waals surface area contributed by atoms with Gasteiger partial charge in [-0.2, -0.15) is 8.78 Å². The van der Waals surface area contributed by atoms with Crippen LogP contribution in [0.1, 0.15) is 29.7 Å². The van der Waals surface area contributed by atoms with E-state index in [1.807, 2.05) is 18.2 Å². The molecule has 3 nitrogen and oxygen atoms in total. The van der Waals surface area contributed by atoms with Crippen LogP contribution in [-0.2, 0) is 0 Å². The molecule has 0 fully saturated rings. The summed E-state index contributed by atoms with van der Waals surface area (Å²) in [6.07, 6.45) is 1.01. The topological polar surface area (TPSA) is 34.9 Å². The fraction of sp³-hybridized carbons (Fsp3) is 0.222. The van der Waals surface area contributed by atoms with Crippen LogP contribution in [0, 0.1) is 0 Å². The number of para-hydroxylation sites is 2. The van der Waals surface area contributed by atoms with Gasteiger partial charge in [-0.1, -0.05) is 54.2 Å². The van der Waals surface area contributed by atoms with Gasteiger partial charge in [0, 0.05) is 17.7 Å². The Bertz CT molecular complexity index is 833. The van der Waals surface area contributed by atoms with Gasteiger partial charge in [0.1, 0.15) is 0 Å². The van der Waals surface area contributed by atoms with Crippen molar-refractivity contribution in [3.63, 3.8) is 0 Å². The number of fused-ring (bicyclic) bond motifs is 1. The smallest absolute Gasteiger partial charge is 0.294 e. The van der Waals surface area contributed by atoms with Crippen molar-refractivity contribution in [3.05, 3.63) is 60.2 Å². The van der Waals surface area contributed by atoms with Crippen LogP contribution in [0.5, 0.6) is 0 Å². The van der Waals surface area contributed by atoms with E-state index in [4.69, 9.17) is 0 Å². The van der Waals surface area contributed by atoms with Crippen molar-refractivity contribution >= 4 is 28.6 Å². The number of alkyl halides is 2. The number of hydrogen-bond acceptors (Lipinski definition) is 3. The number of halogens is 2. The lowest BCUT2D eigenvalue weighted by Crippen LogP contribution is -2.02. The van der Waals surface area contributed by atoms with Crippen LogP contribution in [0.15, 0.2) is 59.8 Å². The second-order valence-electron chi connectivity index (χ2n) is 5.27. The minimum atomic E-state index is -2.63. The largest absolute Gasteiger partial charge is 0.321 e. The summed E-state index contributed by atoms with van der Waals surface area (Å²) in [5.41, 5.74) is 1.67. The molecule has 0 amide bonds. The zero-order valence-corrected chi connectivity index (χ0v) is 13.7. The molecule has 3 aromatic rings. The monoisotopic (exact) mass is 346 g/mol. The number of thioether (sulfide) groups is 1. The van der Waals surface area contributed by atoms with Crippen LogP contribution in [0.25, 0.3) is 11.0 Å². The Kier molecular flexibility index (Phi) is 5.25. The molecule has 0 aliphatic heterocycles. The number of ketones is 1. The van der Waals surface area contributed by atoms with E-state index in [2.05, 4.69) is 4.98 Å². The molecule has 0 atom stereocenters. The highest BCUT2D eigenvalue weighted by Gasteiger charge is 2.17. The number of rotatable bonds is 7. The summed E-state index contributed by atoms with van der Waals surface area (Å²) in [6, 6.07) is 15.9. The minimum absolute atomic E-state index is 0.0681. The summed E-state index contributed by atoms with van der Waals surface area (Å²) in [7, 11) is 0. The van der Waals surface area contributed by atoms with E-state index < -0.39 is 6.55 Å². The Morgan fingerprint density at radius 3 is 2.54 bits per heavy atom. The van der Waals surface area contributed by atoms with Crippen LogP contribution in [-0.4, -0.2) is 21.1 Å². The number of carbonyl (C=O) groups excluding carboxylic acids is 1. The van der Waals surface area contributed by atoms with Crippen molar-refractivity contribution in [1.29, 1.82) is 0 Å². The molecule has 0 saturated heterocycles. The minimum Gasteiger partial charge on any atom is -0.294 e. The summed E-state index contributed by atoms with van der Waals surface area (Å²) < 4.78 is 27.6. The lowest BCUT2D eigenvalue weighted by molar-refractivity contribution is 0.0656. The molecule has 24 heavy (non-hydrogen) atoms. The molecule has 0 aliphatic carbocycles. The molecule has 0 bridgehead atoms. The highest BCUT2D eigenvalue weighted by atomic mass is 32.2. The van der Waals surface area contributed by atoms with E-state index >= 15 is 0 Å². The maximum atomic E-state index is 13.3. The first kappa shape index (κ1) is 16.6. The van der Waals surface area contributed by atoms with Crippen LogP contribution >= 0.6 is 11.8 Å². The standard InChI is InChI=1S/C18H16F2N2OS/c19-17(20)22-15-10-5-4-9-14(15)21-18(22)24-12-6-11-16(23)13-7-2-1-3-8-13/h1-5,7-10,17H,6,11-12H2. The number of nitrogens with zero attached hydrogens (tertiary/aromatic N) is 2. The van der Waals surface area contributed by atoms with Gasteiger partial charge >= 0.3 is 6.55 Å². The van der Waals surface area contributed by atoms with E-state index in [-0.39, 0.29) is 5.78 Å². The van der Waals surface area contributed by atoms with Crippen LogP contribution in [0.2, 0.25) is 0 Å². The van der Waals surface area contributed by atoms with Gasteiger partial charge in [-0.3, -0.25) is 9.36 Å². The predicted octanol–water partition coefficient (Wildman–Crippen LogP) is 5.19. The van der Waals surface area contributed by atoms with Gasteiger partial charge in [0.15, 0.2) is 10.9 Å². The van der Waals surface area contributed by atoms with Crippen molar-refractivity contribution in [2.45, 2.75) is 24.5 Å². The van der Waals surface area contributed by atoms with Crippen molar-refractivity contribution < 1.29 is 13.6 Å². The number of Topliss-reactive ketones (excluding diaryl/α,β-unsaturated/α-hetero) is 1. The highest BCUT2D eigenvalue weighted by Crippen LogP contribution is 2.29. The normalized spacial score (nSPS) is 11.3. The first-order valence-electron chi connectivity index (χ1n) is 7.63. The lowest BCUT2D eigenvalue weighted by atomic mass is 10.1. The molecule has 0 unspecified atom stereocenters. The Balaban J connectivity index is 1.62. The van der Waals surface area contributed by atoms with Gasteiger partial charge in [0.05, 0.1) is 11.0 Å². The molecule has 124 valence electrons. The van der Waals surface area contributed by atoms with Crippen molar-refractivity contribution in [2.75, 3.05) is 5.75 Å². The average molecular weight is 346 g/mol. The fourth-order valence-corrected chi connectivity index (χ4v) is 3.43. The van der Waals surface area contributed by atoms with E-state index in [9.17, 15) is 13.6 Å². The molecule has 0 radical (unpaired) electrons. The number of hydrogen-bond donors (Lipinski definition) is 0. The molecule has 2 aromatic carbocycles. The first-order chi connectivity index (χ1) is 11.7. The third kappa shape index (κ3) is 3.64. The third-order valence-electron chi connectivity index (χ3n) is 3.63. The Hall–Kier alpha value is -2.21. The number of benzene rings is 2.